The molecule has 2 fully saturated rings. The predicted molar refractivity (Wildman–Crippen MR) is 133 cm³/mol. The number of sulfone groups is 1. The molecule has 0 saturated carbocycles. The minimum absolute atomic E-state index is 0.108. The largest absolute Gasteiger partial charge is 0.378 e. The Bertz CT molecular complexity index is 1060. The molecule has 198 valence electrons. The number of Topliss-reactive ketones (excluding diaryl/α,β-unsaturated/α-hetero) is 1. The van der Waals surface area contributed by atoms with Crippen LogP contribution in [0.5, 0.6) is 0 Å². The van der Waals surface area contributed by atoms with E-state index < -0.39 is 56.3 Å². The number of rotatable bonds is 10. The fourth-order valence-electron chi connectivity index (χ4n) is 4.39. The second-order valence-corrected chi connectivity index (χ2v) is 11.9. The summed E-state index contributed by atoms with van der Waals surface area (Å²) in [5.41, 5.74) is 0.475. The molecule has 1 aromatic carbocycles. The molecule has 3 rings (SSSR count). The van der Waals surface area contributed by atoms with Gasteiger partial charge in [0.2, 0.25) is 17.6 Å². The van der Waals surface area contributed by atoms with E-state index >= 15 is 0 Å². The number of benzene rings is 1. The fraction of sp³-hybridized carbons (Fsp3) is 0.600. The lowest BCUT2D eigenvalue weighted by atomic mass is 10.0. The van der Waals surface area contributed by atoms with Crippen molar-refractivity contribution in [2.24, 2.45) is 0 Å². The first-order valence-corrected chi connectivity index (χ1v) is 14.0. The van der Waals surface area contributed by atoms with Crippen LogP contribution in [0.25, 0.3) is 0 Å². The van der Waals surface area contributed by atoms with Crippen LogP contribution in [-0.4, -0.2) is 91.9 Å². The Morgan fingerprint density at radius 3 is 2.19 bits per heavy atom. The SMILES string of the molecule is CC[C@H](NC(=O)C(C)(CC(=O)N1CCOCC1)S(=O)(=O)Cc1ccccc1)C(=O)C(=O)N1CCCC1. The van der Waals surface area contributed by atoms with Gasteiger partial charge in [-0.2, -0.15) is 0 Å². The number of ketones is 1. The molecule has 0 aliphatic carbocycles. The summed E-state index contributed by atoms with van der Waals surface area (Å²) in [5, 5.41) is 2.50. The van der Waals surface area contributed by atoms with Gasteiger partial charge < -0.3 is 19.9 Å². The zero-order valence-electron chi connectivity index (χ0n) is 20.9. The highest BCUT2D eigenvalue weighted by Gasteiger charge is 2.49. The standard InChI is InChI=1S/C25H35N3O7S/c1-3-20(22(30)23(31)28-11-7-8-12-28)26-24(32)25(2,17-21(29)27-13-15-35-16-14-27)36(33,34)18-19-9-5-4-6-10-19/h4-6,9-10,20H,3,7-8,11-18H2,1-2H3,(H,26,32)/t20-,25?/m0/s1. The van der Waals surface area contributed by atoms with Crippen molar-refractivity contribution >= 4 is 33.3 Å². The van der Waals surface area contributed by atoms with E-state index in [2.05, 4.69) is 5.32 Å². The van der Waals surface area contributed by atoms with E-state index in [1.807, 2.05) is 0 Å². The Labute approximate surface area is 212 Å². The first-order valence-electron chi connectivity index (χ1n) is 12.3. The zero-order chi connectivity index (χ0) is 26.3. The van der Waals surface area contributed by atoms with Gasteiger partial charge in [0.15, 0.2) is 14.6 Å². The van der Waals surface area contributed by atoms with Crippen molar-refractivity contribution in [2.45, 2.75) is 56.1 Å². The number of carbonyl (C=O) groups is 4. The highest BCUT2D eigenvalue weighted by atomic mass is 32.2. The molecule has 36 heavy (non-hydrogen) atoms. The lowest BCUT2D eigenvalue weighted by Crippen LogP contribution is -2.58. The van der Waals surface area contributed by atoms with Gasteiger partial charge in [-0.15, -0.1) is 0 Å². The van der Waals surface area contributed by atoms with Crippen molar-refractivity contribution in [1.82, 2.24) is 15.1 Å². The second-order valence-electron chi connectivity index (χ2n) is 9.44. The average molecular weight is 522 g/mol. The summed E-state index contributed by atoms with van der Waals surface area (Å²) in [6.07, 6.45) is 1.14. The number of amides is 3. The van der Waals surface area contributed by atoms with Crippen molar-refractivity contribution in [1.29, 1.82) is 0 Å². The molecule has 2 saturated heterocycles. The van der Waals surface area contributed by atoms with Crippen LogP contribution in [0.2, 0.25) is 0 Å². The summed E-state index contributed by atoms with van der Waals surface area (Å²) >= 11 is 0. The topological polar surface area (TPSA) is 130 Å². The van der Waals surface area contributed by atoms with Crippen molar-refractivity contribution in [3.05, 3.63) is 35.9 Å². The molecule has 2 heterocycles. The molecule has 0 bridgehead atoms. The van der Waals surface area contributed by atoms with E-state index in [1.54, 1.807) is 37.3 Å². The van der Waals surface area contributed by atoms with Crippen molar-refractivity contribution in [2.75, 3.05) is 39.4 Å². The van der Waals surface area contributed by atoms with Crippen LogP contribution in [0, 0.1) is 0 Å². The third-order valence-corrected chi connectivity index (χ3v) is 9.27. The fourth-order valence-corrected chi connectivity index (χ4v) is 6.02. The van der Waals surface area contributed by atoms with Crippen LogP contribution in [0.1, 0.15) is 45.1 Å². The van der Waals surface area contributed by atoms with Gasteiger partial charge in [-0.05, 0) is 31.7 Å². The van der Waals surface area contributed by atoms with Crippen LogP contribution in [-0.2, 0) is 39.5 Å². The number of morpholine rings is 1. The molecule has 2 aliphatic heterocycles. The molecular weight excluding hydrogens is 486 g/mol. The van der Waals surface area contributed by atoms with Gasteiger partial charge in [0.05, 0.1) is 31.4 Å². The molecule has 2 aliphatic rings. The van der Waals surface area contributed by atoms with E-state index in [1.165, 1.54) is 16.7 Å². The van der Waals surface area contributed by atoms with Crippen LogP contribution in [0.3, 0.4) is 0 Å². The Hall–Kier alpha value is -2.79. The first kappa shape index (κ1) is 27.8. The number of hydrogen-bond acceptors (Lipinski definition) is 7. The molecule has 0 aromatic heterocycles. The minimum atomic E-state index is -4.22. The van der Waals surface area contributed by atoms with Crippen LogP contribution >= 0.6 is 0 Å². The summed E-state index contributed by atoms with van der Waals surface area (Å²) in [6.45, 7) is 5.07. The number of likely N-dealkylation sites (tertiary alicyclic amines) is 1. The van der Waals surface area contributed by atoms with E-state index in [0.29, 0.717) is 45.0 Å². The number of hydrogen-bond donors (Lipinski definition) is 1. The van der Waals surface area contributed by atoms with Crippen LogP contribution in [0.15, 0.2) is 30.3 Å². The molecular formula is C25H35N3O7S. The van der Waals surface area contributed by atoms with Gasteiger partial charge in [-0.25, -0.2) is 8.42 Å². The molecule has 11 heteroatoms. The molecule has 1 aromatic rings. The molecule has 0 radical (unpaired) electrons. The number of carbonyl (C=O) groups excluding carboxylic acids is 4. The summed E-state index contributed by atoms with van der Waals surface area (Å²) in [4.78, 5) is 55.1. The Morgan fingerprint density at radius 1 is 1.00 bits per heavy atom. The Kier molecular flexibility index (Phi) is 9.24. The van der Waals surface area contributed by atoms with Gasteiger partial charge in [0.25, 0.3) is 5.91 Å². The number of ether oxygens (including phenoxy) is 1. The second kappa shape index (κ2) is 12.0. The molecule has 10 nitrogen and oxygen atoms in total. The molecule has 2 atom stereocenters. The molecule has 1 unspecified atom stereocenters. The van der Waals surface area contributed by atoms with E-state index in [9.17, 15) is 27.6 Å². The summed E-state index contributed by atoms with van der Waals surface area (Å²) in [7, 11) is -4.22. The predicted octanol–water partition coefficient (Wildman–Crippen LogP) is 0.695. The average Bonchev–Trinajstić information content (AvgIpc) is 3.42. The lowest BCUT2D eigenvalue weighted by molar-refractivity contribution is -0.146. The van der Waals surface area contributed by atoms with E-state index in [0.717, 1.165) is 12.8 Å². The molecule has 0 spiro atoms. The Balaban J connectivity index is 1.86. The monoisotopic (exact) mass is 521 g/mol. The quantitative estimate of drug-likeness (QED) is 0.449. The smallest absolute Gasteiger partial charge is 0.292 e. The van der Waals surface area contributed by atoms with Gasteiger partial charge in [-0.3, -0.25) is 19.2 Å². The number of nitrogens with one attached hydrogen (secondary N) is 1. The minimum Gasteiger partial charge on any atom is -0.378 e. The summed E-state index contributed by atoms with van der Waals surface area (Å²) < 4.78 is 30.4. The highest BCUT2D eigenvalue weighted by Crippen LogP contribution is 2.28. The van der Waals surface area contributed by atoms with Crippen molar-refractivity contribution in [3.63, 3.8) is 0 Å². The van der Waals surface area contributed by atoms with Gasteiger partial charge in [0.1, 0.15) is 0 Å². The van der Waals surface area contributed by atoms with Gasteiger partial charge >= 0.3 is 0 Å². The summed E-state index contributed by atoms with van der Waals surface area (Å²) in [6, 6.07) is 7.21. The van der Waals surface area contributed by atoms with Crippen LogP contribution < -0.4 is 5.32 Å². The lowest BCUT2D eigenvalue weighted by Gasteiger charge is -2.33. The maximum atomic E-state index is 13.6. The highest BCUT2D eigenvalue weighted by molar-refractivity contribution is 7.92. The van der Waals surface area contributed by atoms with Gasteiger partial charge in [0, 0.05) is 26.2 Å². The van der Waals surface area contributed by atoms with Crippen LogP contribution in [0.4, 0.5) is 0 Å². The molecule has 1 N–H and O–H groups in total. The van der Waals surface area contributed by atoms with Crippen molar-refractivity contribution < 1.29 is 32.3 Å². The third kappa shape index (κ3) is 6.31. The van der Waals surface area contributed by atoms with E-state index in [4.69, 9.17) is 4.74 Å². The maximum absolute atomic E-state index is 13.6. The maximum Gasteiger partial charge on any atom is 0.292 e. The van der Waals surface area contributed by atoms with E-state index in [-0.39, 0.29) is 6.42 Å². The normalized spacial score (nSPS) is 18.8. The van der Waals surface area contributed by atoms with Crippen molar-refractivity contribution in [3.8, 4) is 0 Å². The zero-order valence-corrected chi connectivity index (χ0v) is 21.7. The van der Waals surface area contributed by atoms with Gasteiger partial charge in [-0.1, -0.05) is 37.3 Å². The third-order valence-electron chi connectivity index (χ3n) is 6.85. The molecule has 3 amide bonds. The number of nitrogens with zero attached hydrogens (tertiary/aromatic N) is 2. The Morgan fingerprint density at radius 2 is 1.61 bits per heavy atom. The summed E-state index contributed by atoms with van der Waals surface area (Å²) in [5.74, 6) is -3.37. The first-order chi connectivity index (χ1) is 17.1.